The van der Waals surface area contributed by atoms with Crippen molar-refractivity contribution in [3.8, 4) is 0 Å². The van der Waals surface area contributed by atoms with Gasteiger partial charge in [-0.05, 0) is 77.0 Å². The molecule has 9 heteroatoms. The number of ether oxygens (including phenoxy) is 4. The molecule has 0 radical (unpaired) electrons. The summed E-state index contributed by atoms with van der Waals surface area (Å²) in [6.45, 7) is 4.68. The molecule has 0 aromatic carbocycles. The zero-order valence-electron chi connectivity index (χ0n) is 52.5. The zero-order chi connectivity index (χ0) is 57.6. The van der Waals surface area contributed by atoms with Gasteiger partial charge in [0.25, 0.3) is 0 Å². The first-order valence-electron chi connectivity index (χ1n) is 33.4. The van der Waals surface area contributed by atoms with Gasteiger partial charge in [-0.15, -0.1) is 0 Å². The lowest BCUT2D eigenvalue weighted by Crippen LogP contribution is -2.44. The molecule has 2 atom stereocenters. The maximum absolute atomic E-state index is 12.9. The summed E-state index contributed by atoms with van der Waals surface area (Å²) < 4.78 is 22.8. The molecular weight excluding hydrogens is 983 g/mol. The predicted octanol–water partition coefficient (Wildman–Crippen LogP) is 19.0. The van der Waals surface area contributed by atoms with E-state index in [0.717, 1.165) is 64.2 Å². The minimum atomic E-state index is -1.62. The Labute approximate surface area is 488 Å². The molecule has 0 rings (SSSR count). The van der Waals surface area contributed by atoms with Crippen molar-refractivity contribution in [2.45, 2.75) is 322 Å². The first kappa shape index (κ1) is 76.0. The molecule has 9 nitrogen and oxygen atoms in total. The quantitative estimate of drug-likeness (QED) is 0.0195. The van der Waals surface area contributed by atoms with Gasteiger partial charge in [0.1, 0.15) is 13.2 Å². The number of carbonyl (C=O) groups is 3. The predicted molar refractivity (Wildman–Crippen MR) is 334 cm³/mol. The van der Waals surface area contributed by atoms with Gasteiger partial charge in [-0.3, -0.25) is 9.59 Å². The molecule has 0 fully saturated rings. The second-order valence-electron chi connectivity index (χ2n) is 23.7. The number of hydrogen-bond acceptors (Lipinski definition) is 8. The van der Waals surface area contributed by atoms with Crippen LogP contribution in [0, 0.1) is 0 Å². The molecule has 0 amide bonds. The molecule has 0 spiro atoms. The normalized spacial score (nSPS) is 13.1. The van der Waals surface area contributed by atoms with Gasteiger partial charge in [-0.1, -0.05) is 280 Å². The first-order valence-corrected chi connectivity index (χ1v) is 33.4. The Morgan fingerprint density at radius 2 is 0.722 bits per heavy atom. The van der Waals surface area contributed by atoms with Crippen LogP contribution >= 0.6 is 0 Å². The molecule has 79 heavy (non-hydrogen) atoms. The third kappa shape index (κ3) is 62.4. The van der Waals surface area contributed by atoms with Crippen LogP contribution in [0.4, 0.5) is 0 Å². The van der Waals surface area contributed by atoms with Crippen molar-refractivity contribution in [2.24, 2.45) is 0 Å². The number of carbonyl (C=O) groups excluding carboxylic acids is 3. The Hall–Kier alpha value is -3.01. The van der Waals surface area contributed by atoms with Gasteiger partial charge in [-0.25, -0.2) is 0 Å². The van der Waals surface area contributed by atoms with E-state index in [1.54, 1.807) is 0 Å². The maximum atomic E-state index is 12.9. The molecule has 0 saturated heterocycles. The number of carboxylic acids is 1. The number of unbranched alkanes of at least 4 members (excludes halogenated alkanes) is 37. The van der Waals surface area contributed by atoms with Gasteiger partial charge in [0.2, 0.25) is 0 Å². The van der Waals surface area contributed by atoms with E-state index in [0.29, 0.717) is 23.9 Å². The van der Waals surface area contributed by atoms with Gasteiger partial charge in [0, 0.05) is 12.8 Å². The maximum Gasteiger partial charge on any atom is 0.306 e. The van der Waals surface area contributed by atoms with Crippen molar-refractivity contribution in [1.82, 2.24) is 0 Å². The molecule has 0 aromatic heterocycles. The van der Waals surface area contributed by atoms with Gasteiger partial charge in [-0.2, -0.15) is 0 Å². The first-order chi connectivity index (χ1) is 38.6. The van der Waals surface area contributed by atoms with Crippen LogP contribution < -0.4 is 5.11 Å². The number of aliphatic carboxylic acids is 1. The highest BCUT2D eigenvalue weighted by Crippen LogP contribution is 2.18. The fourth-order valence-electron chi connectivity index (χ4n) is 9.64. The number of rotatable bonds is 62. The molecule has 0 aliphatic carbocycles. The minimum Gasteiger partial charge on any atom is -0.545 e. The van der Waals surface area contributed by atoms with Crippen LogP contribution in [-0.2, 0) is 33.3 Å². The lowest BCUT2D eigenvalue weighted by molar-refractivity contribution is -0.870. The average Bonchev–Trinajstić information content (AvgIpc) is 3.42. The van der Waals surface area contributed by atoms with Gasteiger partial charge < -0.3 is 33.3 Å². The Kier molecular flexibility index (Phi) is 58.7. The highest BCUT2D eigenvalue weighted by molar-refractivity contribution is 5.70. The molecule has 0 aromatic rings. The number of nitrogens with zero attached hydrogens (tertiary/aromatic N) is 1. The van der Waals surface area contributed by atoms with Crippen molar-refractivity contribution in [1.29, 1.82) is 0 Å². The van der Waals surface area contributed by atoms with E-state index < -0.39 is 24.3 Å². The highest BCUT2D eigenvalue weighted by atomic mass is 16.7. The average molecular weight is 1110 g/mol. The van der Waals surface area contributed by atoms with E-state index in [1.807, 2.05) is 21.1 Å². The van der Waals surface area contributed by atoms with Crippen molar-refractivity contribution in [2.75, 3.05) is 47.5 Å². The number of esters is 2. The SMILES string of the molecule is CC/C=C\C/C=C\C/C=C\C/C=C\CCCCCCCCCCCCCCC(=O)OC(COC(=O)CCCCCCCCCCCCCCCCCCC/C=C\CCCCCCCCCC)COC(OCC[N+](C)(C)C)C(=O)[O-]. The summed E-state index contributed by atoms with van der Waals surface area (Å²) >= 11 is 0. The van der Waals surface area contributed by atoms with E-state index >= 15 is 0 Å². The van der Waals surface area contributed by atoms with E-state index in [-0.39, 0.29) is 32.2 Å². The van der Waals surface area contributed by atoms with E-state index in [1.165, 1.54) is 212 Å². The number of allylic oxidation sites excluding steroid dienone is 10. The Balaban J connectivity index is 4.12. The Morgan fingerprint density at radius 3 is 1.09 bits per heavy atom. The Bertz CT molecular complexity index is 1480. The number of quaternary nitrogens is 1. The van der Waals surface area contributed by atoms with Crippen LogP contribution in [0.2, 0.25) is 0 Å². The third-order valence-corrected chi connectivity index (χ3v) is 14.7. The number of likely N-dealkylation sites (N-methyl/N-ethyl adjacent to an activating group) is 1. The summed E-state index contributed by atoms with van der Waals surface area (Å²) in [6, 6.07) is 0. The molecule has 0 saturated carbocycles. The van der Waals surface area contributed by atoms with E-state index in [9.17, 15) is 19.5 Å². The monoisotopic (exact) mass is 1110 g/mol. The van der Waals surface area contributed by atoms with Gasteiger partial charge in [0.05, 0.1) is 40.3 Å². The fourth-order valence-corrected chi connectivity index (χ4v) is 9.64. The van der Waals surface area contributed by atoms with Crippen LogP contribution in [0.5, 0.6) is 0 Å². The summed E-state index contributed by atoms with van der Waals surface area (Å²) in [5.74, 6) is -2.27. The standard InChI is InChI=1S/C70H127NO8/c1-6-8-10-12-14-16-18-20-22-24-26-28-30-32-33-34-35-37-38-40-42-44-46-48-50-52-54-56-58-60-67(72)77-64-66(65-78-70(69(74)75)76-63-62-71(3,4)5)79-68(73)61-59-57-55-53-51-49-47-45-43-41-39-36-31-29-27-25-23-21-19-17-15-13-11-9-7-2/h9,11,15,17,21,23-24,26-27,29,66,70H,6-8,10,12-14,16,18-20,22,25,28,30-65H2,1-5H3/b11-9-,17-15-,23-21-,26-24-,29-27-. The van der Waals surface area contributed by atoms with Crippen LogP contribution in [-0.4, -0.2) is 82.3 Å². The molecule has 460 valence electrons. The van der Waals surface area contributed by atoms with Crippen molar-refractivity contribution >= 4 is 17.9 Å². The number of hydrogen-bond donors (Lipinski definition) is 0. The Morgan fingerprint density at radius 1 is 0.392 bits per heavy atom. The van der Waals surface area contributed by atoms with Gasteiger partial charge in [0.15, 0.2) is 12.4 Å². The van der Waals surface area contributed by atoms with E-state index in [2.05, 4.69) is 74.6 Å². The summed E-state index contributed by atoms with van der Waals surface area (Å²) in [6.07, 6.45) is 75.8. The summed E-state index contributed by atoms with van der Waals surface area (Å²) in [4.78, 5) is 37.4. The lowest BCUT2D eigenvalue weighted by Gasteiger charge is -2.26. The number of carboxylic acid groups (broad SMARTS) is 1. The second kappa shape index (κ2) is 61.1. The summed E-state index contributed by atoms with van der Waals surface area (Å²) in [7, 11) is 5.93. The summed E-state index contributed by atoms with van der Waals surface area (Å²) in [5.41, 5.74) is 0. The van der Waals surface area contributed by atoms with Crippen molar-refractivity contribution in [3.63, 3.8) is 0 Å². The smallest absolute Gasteiger partial charge is 0.306 e. The fraction of sp³-hybridized carbons (Fsp3) is 0.814. The van der Waals surface area contributed by atoms with Crippen LogP contribution in [0.1, 0.15) is 309 Å². The summed E-state index contributed by atoms with van der Waals surface area (Å²) in [5, 5.41) is 11.8. The lowest BCUT2D eigenvalue weighted by atomic mass is 10.0. The molecule has 2 unspecified atom stereocenters. The molecule has 0 N–H and O–H groups in total. The molecule has 0 heterocycles. The van der Waals surface area contributed by atoms with E-state index in [4.69, 9.17) is 18.9 Å². The highest BCUT2D eigenvalue weighted by Gasteiger charge is 2.22. The van der Waals surface area contributed by atoms with Gasteiger partial charge >= 0.3 is 11.9 Å². The van der Waals surface area contributed by atoms with Crippen LogP contribution in [0.15, 0.2) is 60.8 Å². The van der Waals surface area contributed by atoms with Crippen molar-refractivity contribution in [3.05, 3.63) is 60.8 Å². The third-order valence-electron chi connectivity index (χ3n) is 14.7. The molecule has 0 aliphatic rings. The molecular formula is C70H127NO8. The topological polar surface area (TPSA) is 111 Å². The van der Waals surface area contributed by atoms with Crippen LogP contribution in [0.3, 0.4) is 0 Å². The molecule has 0 bridgehead atoms. The van der Waals surface area contributed by atoms with Crippen LogP contribution in [0.25, 0.3) is 0 Å². The largest absolute Gasteiger partial charge is 0.545 e. The molecule has 0 aliphatic heterocycles. The second-order valence-corrected chi connectivity index (χ2v) is 23.7. The minimum absolute atomic E-state index is 0.147. The van der Waals surface area contributed by atoms with Crippen molar-refractivity contribution < 1.29 is 42.9 Å². The zero-order valence-corrected chi connectivity index (χ0v) is 52.5.